The van der Waals surface area contributed by atoms with Crippen LogP contribution in [0.15, 0.2) is 69.8 Å². The number of carbonyl (C=O) groups excluding carboxylic acids is 2. The lowest BCUT2D eigenvalue weighted by Gasteiger charge is -2.06. The van der Waals surface area contributed by atoms with Crippen LogP contribution in [0.3, 0.4) is 0 Å². The second kappa shape index (κ2) is 12.7. The van der Waals surface area contributed by atoms with Gasteiger partial charge in [0.1, 0.15) is 27.9 Å². The lowest BCUT2D eigenvalue weighted by Crippen LogP contribution is -2.14. The van der Waals surface area contributed by atoms with Crippen LogP contribution in [-0.4, -0.2) is 48.5 Å². The van der Waals surface area contributed by atoms with E-state index < -0.39 is 11.9 Å². The molecule has 2 aromatic carbocycles. The Morgan fingerprint density at radius 3 is 2.14 bits per heavy atom. The second-order valence-electron chi connectivity index (χ2n) is 7.06. The molecule has 0 saturated carbocycles. The quantitative estimate of drug-likeness (QED) is 0.446. The zero-order valence-electron chi connectivity index (χ0n) is 19.8. The van der Waals surface area contributed by atoms with Gasteiger partial charge in [0.15, 0.2) is 6.61 Å². The first-order chi connectivity index (χ1) is 16.9. The number of benzene rings is 2. The summed E-state index contributed by atoms with van der Waals surface area (Å²) in [7, 11) is 0. The third-order valence-electron chi connectivity index (χ3n) is 4.59. The molecule has 0 aromatic heterocycles. The SMILES string of the molecule is CCOC(=O)COc1ccc(C=C2SC(=Nc3ccc(OCC)cc3)C(C(=O)OCC)=C2O)cc1. The van der Waals surface area contributed by atoms with Crippen LogP contribution in [0.1, 0.15) is 26.3 Å². The summed E-state index contributed by atoms with van der Waals surface area (Å²) in [5.74, 6) is -0.0603. The van der Waals surface area contributed by atoms with E-state index in [9.17, 15) is 14.7 Å². The molecule has 0 aliphatic carbocycles. The standard InChI is InChI=1S/C26H27NO7S/c1-4-31-19-13-9-18(10-14-19)27-25-23(26(30)33-6-3)24(29)21(35-25)15-17-7-11-20(12-8-17)34-16-22(28)32-5-2/h7-15,29H,4-6,16H2,1-3H3. The average Bonchev–Trinajstić information content (AvgIpc) is 3.14. The van der Waals surface area contributed by atoms with Crippen molar-refractivity contribution in [2.24, 2.45) is 4.99 Å². The number of hydrogen-bond donors (Lipinski definition) is 1. The van der Waals surface area contributed by atoms with Crippen molar-refractivity contribution in [3.05, 3.63) is 70.3 Å². The molecule has 184 valence electrons. The highest BCUT2D eigenvalue weighted by atomic mass is 32.2. The fourth-order valence-electron chi connectivity index (χ4n) is 3.05. The Hall–Kier alpha value is -3.72. The first-order valence-electron chi connectivity index (χ1n) is 11.2. The molecule has 0 saturated heterocycles. The van der Waals surface area contributed by atoms with Gasteiger partial charge in [0.25, 0.3) is 0 Å². The third-order valence-corrected chi connectivity index (χ3v) is 5.61. The zero-order valence-corrected chi connectivity index (χ0v) is 20.6. The van der Waals surface area contributed by atoms with E-state index >= 15 is 0 Å². The van der Waals surface area contributed by atoms with Crippen molar-refractivity contribution in [3.8, 4) is 11.5 Å². The molecule has 3 rings (SSSR count). The van der Waals surface area contributed by atoms with Crippen LogP contribution >= 0.6 is 11.8 Å². The fraction of sp³-hybridized carbons (Fsp3) is 0.269. The first kappa shape index (κ1) is 25.9. The Kier molecular flexibility index (Phi) is 9.37. The summed E-state index contributed by atoms with van der Waals surface area (Å²) in [4.78, 5) is 29.0. The molecular weight excluding hydrogens is 470 g/mol. The molecule has 1 aliphatic rings. The smallest absolute Gasteiger partial charge is 0.344 e. The Morgan fingerprint density at radius 1 is 0.886 bits per heavy atom. The highest BCUT2D eigenvalue weighted by Gasteiger charge is 2.33. The molecule has 0 amide bonds. The van der Waals surface area contributed by atoms with Crippen LogP contribution in [0.25, 0.3) is 6.08 Å². The number of esters is 2. The van der Waals surface area contributed by atoms with Crippen LogP contribution in [0.4, 0.5) is 5.69 Å². The van der Waals surface area contributed by atoms with Gasteiger partial charge in [-0.3, -0.25) is 0 Å². The number of rotatable bonds is 10. The molecule has 35 heavy (non-hydrogen) atoms. The molecule has 0 unspecified atom stereocenters. The van der Waals surface area contributed by atoms with Crippen LogP contribution in [0, 0.1) is 0 Å². The Bertz CT molecular complexity index is 1140. The van der Waals surface area contributed by atoms with Gasteiger partial charge in [-0.05, 0) is 68.8 Å². The molecule has 0 bridgehead atoms. The lowest BCUT2D eigenvalue weighted by atomic mass is 10.1. The van der Waals surface area contributed by atoms with Gasteiger partial charge >= 0.3 is 11.9 Å². The van der Waals surface area contributed by atoms with E-state index in [0.29, 0.717) is 34.6 Å². The van der Waals surface area contributed by atoms with Gasteiger partial charge in [-0.15, -0.1) is 0 Å². The first-order valence-corrected chi connectivity index (χ1v) is 12.0. The van der Waals surface area contributed by atoms with Crippen molar-refractivity contribution >= 4 is 40.5 Å². The summed E-state index contributed by atoms with van der Waals surface area (Å²) >= 11 is 1.17. The molecular formula is C26H27NO7S. The summed E-state index contributed by atoms with van der Waals surface area (Å²) in [5, 5.41) is 11.2. The third kappa shape index (κ3) is 7.13. The van der Waals surface area contributed by atoms with E-state index in [2.05, 4.69) is 4.99 Å². The number of hydrogen-bond acceptors (Lipinski definition) is 9. The minimum absolute atomic E-state index is 0.0198. The number of aliphatic imine (C=N–C) groups is 1. The predicted octanol–water partition coefficient (Wildman–Crippen LogP) is 5.22. The van der Waals surface area contributed by atoms with E-state index in [1.54, 1.807) is 68.5 Å². The van der Waals surface area contributed by atoms with Crippen LogP contribution < -0.4 is 9.47 Å². The van der Waals surface area contributed by atoms with Crippen molar-refractivity contribution in [1.29, 1.82) is 0 Å². The Balaban J connectivity index is 1.83. The van der Waals surface area contributed by atoms with Crippen LogP contribution in [-0.2, 0) is 19.1 Å². The van der Waals surface area contributed by atoms with Gasteiger partial charge in [-0.2, -0.15) is 0 Å². The zero-order chi connectivity index (χ0) is 25.2. The largest absolute Gasteiger partial charge is 0.506 e. The molecule has 0 spiro atoms. The van der Waals surface area contributed by atoms with Gasteiger partial charge in [0.2, 0.25) is 0 Å². The molecule has 2 aromatic rings. The molecule has 1 heterocycles. The van der Waals surface area contributed by atoms with E-state index in [0.717, 1.165) is 11.3 Å². The predicted molar refractivity (Wildman–Crippen MR) is 135 cm³/mol. The Labute approximate surface area is 208 Å². The number of aliphatic hydroxyl groups excluding tert-OH is 1. The normalized spacial score (nSPS) is 15.4. The van der Waals surface area contributed by atoms with E-state index in [-0.39, 0.29) is 24.5 Å². The summed E-state index contributed by atoms with van der Waals surface area (Å²) in [6.45, 7) is 6.17. The molecule has 0 atom stereocenters. The summed E-state index contributed by atoms with van der Waals surface area (Å²) in [5.41, 5.74) is 1.38. The van der Waals surface area contributed by atoms with E-state index in [1.807, 2.05) is 6.92 Å². The van der Waals surface area contributed by atoms with Crippen molar-refractivity contribution < 1.29 is 33.6 Å². The van der Waals surface area contributed by atoms with Gasteiger partial charge in [-0.1, -0.05) is 23.9 Å². The number of carbonyl (C=O) groups is 2. The van der Waals surface area contributed by atoms with Crippen molar-refractivity contribution in [2.75, 3.05) is 26.4 Å². The number of ether oxygens (including phenoxy) is 4. The second-order valence-corrected chi connectivity index (χ2v) is 8.09. The maximum absolute atomic E-state index is 12.6. The molecule has 8 nitrogen and oxygen atoms in total. The number of nitrogens with zero attached hydrogens (tertiary/aromatic N) is 1. The number of thioether (sulfide) groups is 1. The molecule has 1 aliphatic heterocycles. The summed E-state index contributed by atoms with van der Waals surface area (Å²) in [6, 6.07) is 14.1. The molecule has 9 heteroatoms. The van der Waals surface area contributed by atoms with Gasteiger partial charge in [-0.25, -0.2) is 14.6 Å². The van der Waals surface area contributed by atoms with E-state index in [4.69, 9.17) is 18.9 Å². The molecule has 0 fully saturated rings. The summed E-state index contributed by atoms with van der Waals surface area (Å²) < 4.78 is 20.8. The minimum Gasteiger partial charge on any atom is -0.506 e. The lowest BCUT2D eigenvalue weighted by molar-refractivity contribution is -0.145. The van der Waals surface area contributed by atoms with E-state index in [1.165, 1.54) is 11.8 Å². The molecule has 1 N–H and O–H groups in total. The van der Waals surface area contributed by atoms with Crippen molar-refractivity contribution in [2.45, 2.75) is 20.8 Å². The Morgan fingerprint density at radius 2 is 1.51 bits per heavy atom. The highest BCUT2D eigenvalue weighted by molar-refractivity contribution is 8.18. The minimum atomic E-state index is -0.645. The van der Waals surface area contributed by atoms with Crippen molar-refractivity contribution in [3.63, 3.8) is 0 Å². The van der Waals surface area contributed by atoms with Gasteiger partial charge in [0.05, 0.1) is 30.4 Å². The van der Waals surface area contributed by atoms with Gasteiger partial charge < -0.3 is 24.1 Å². The summed E-state index contributed by atoms with van der Waals surface area (Å²) in [6.07, 6.45) is 1.73. The van der Waals surface area contributed by atoms with Gasteiger partial charge in [0, 0.05) is 0 Å². The topological polar surface area (TPSA) is 104 Å². The monoisotopic (exact) mass is 497 g/mol. The van der Waals surface area contributed by atoms with Crippen LogP contribution in [0.5, 0.6) is 11.5 Å². The number of aliphatic hydroxyl groups is 1. The maximum atomic E-state index is 12.6. The fourth-order valence-corrected chi connectivity index (χ4v) is 4.08. The van der Waals surface area contributed by atoms with Crippen LogP contribution in [0.2, 0.25) is 0 Å². The van der Waals surface area contributed by atoms with Crippen molar-refractivity contribution in [1.82, 2.24) is 0 Å². The average molecular weight is 498 g/mol. The molecule has 0 radical (unpaired) electrons. The maximum Gasteiger partial charge on any atom is 0.344 e. The highest BCUT2D eigenvalue weighted by Crippen LogP contribution is 2.40.